The maximum absolute atomic E-state index is 6.11. The van der Waals surface area contributed by atoms with E-state index in [1.54, 1.807) is 0 Å². The second-order valence-corrected chi connectivity index (χ2v) is 21.4. The summed E-state index contributed by atoms with van der Waals surface area (Å²) in [5, 5.41) is 3.02. The minimum Gasteiger partial charge on any atom is -0.395 e. The molecule has 0 fully saturated rings. The Bertz CT molecular complexity index is 696. The van der Waals surface area contributed by atoms with Crippen LogP contribution < -0.4 is 10.4 Å². The van der Waals surface area contributed by atoms with Crippen LogP contribution in [-0.4, -0.2) is 49.0 Å². The first-order valence-corrected chi connectivity index (χ1v) is 19.8. The summed E-state index contributed by atoms with van der Waals surface area (Å²) in [7, 11) is -5.75. The first kappa shape index (κ1) is 25.2. The molecule has 0 unspecified atom stereocenters. The van der Waals surface area contributed by atoms with Gasteiger partial charge in [0.1, 0.15) is 16.5 Å². The van der Waals surface area contributed by atoms with Crippen molar-refractivity contribution in [3.63, 3.8) is 0 Å². The van der Waals surface area contributed by atoms with Gasteiger partial charge in [0.25, 0.3) is 0 Å². The first-order chi connectivity index (χ1) is 14.2. The molecule has 30 heavy (non-hydrogen) atoms. The van der Waals surface area contributed by atoms with Crippen LogP contribution in [0.4, 0.5) is 0 Å². The molecule has 2 aromatic rings. The Kier molecular flexibility index (Phi) is 9.27. The minimum atomic E-state index is -2.09. The quantitative estimate of drug-likeness (QED) is 0.415. The highest BCUT2D eigenvalue weighted by Crippen LogP contribution is 2.24. The molecule has 0 aliphatic carbocycles. The second kappa shape index (κ2) is 11.0. The third kappa shape index (κ3) is 6.25. The van der Waals surface area contributed by atoms with E-state index in [1.807, 2.05) is 0 Å². The number of nitrogens with zero attached hydrogens (tertiary/aromatic N) is 1. The predicted octanol–water partition coefficient (Wildman–Crippen LogP) is 5.05. The van der Waals surface area contributed by atoms with Gasteiger partial charge in [0.15, 0.2) is 0 Å². The Labute approximate surface area is 187 Å². The van der Waals surface area contributed by atoms with Crippen LogP contribution in [0.25, 0.3) is 0 Å². The highest BCUT2D eigenvalue weighted by Gasteiger charge is 2.43. The molecular weight excluding hydrogens is 419 g/mol. The summed E-state index contributed by atoms with van der Waals surface area (Å²) in [5.74, 6) is 0. The smallest absolute Gasteiger partial charge is 0.334 e. The van der Waals surface area contributed by atoms with Crippen molar-refractivity contribution in [2.24, 2.45) is 0 Å². The summed E-state index contributed by atoms with van der Waals surface area (Å²) in [6.07, 6.45) is 1.12. The molecular formula is C24H41NO2Si3. The van der Waals surface area contributed by atoms with Crippen molar-refractivity contribution in [3.8, 4) is 0 Å². The van der Waals surface area contributed by atoms with Gasteiger partial charge in [-0.15, -0.1) is 0 Å². The van der Waals surface area contributed by atoms with E-state index in [-0.39, 0.29) is 0 Å². The third-order valence-corrected chi connectivity index (χ3v) is 19.3. The Hall–Kier alpha value is -1.03. The maximum Gasteiger partial charge on any atom is 0.334 e. The molecule has 0 aromatic heterocycles. The summed E-state index contributed by atoms with van der Waals surface area (Å²) >= 11 is 0. The standard InChI is InChI=1S/C24H41NO2Si3/c1-8-26-30(7,27-9-2)22-16-21-25(28(3,4)23-17-12-10-13-18-23)29(5,6)24-19-14-11-15-20-24/h10-15,17-20H,8-9,16,21-22H2,1-7H3. The molecule has 2 aromatic carbocycles. The van der Waals surface area contributed by atoms with Gasteiger partial charge in [0, 0.05) is 13.2 Å². The van der Waals surface area contributed by atoms with Crippen LogP contribution in [0.15, 0.2) is 60.7 Å². The van der Waals surface area contributed by atoms with Crippen LogP contribution in [0.3, 0.4) is 0 Å². The lowest BCUT2D eigenvalue weighted by Crippen LogP contribution is -2.71. The average Bonchev–Trinajstić information content (AvgIpc) is 2.72. The molecule has 3 nitrogen and oxygen atoms in total. The third-order valence-electron chi connectivity index (χ3n) is 6.22. The lowest BCUT2D eigenvalue weighted by atomic mass is 10.4. The van der Waals surface area contributed by atoms with Gasteiger partial charge in [0.2, 0.25) is 0 Å². The lowest BCUT2D eigenvalue weighted by molar-refractivity contribution is 0.188. The van der Waals surface area contributed by atoms with Crippen LogP contribution in [-0.2, 0) is 8.85 Å². The number of benzene rings is 2. The van der Waals surface area contributed by atoms with Crippen LogP contribution in [0, 0.1) is 0 Å². The van der Waals surface area contributed by atoms with Gasteiger partial charge in [-0.2, -0.15) is 0 Å². The molecule has 0 radical (unpaired) electrons. The molecule has 166 valence electrons. The summed E-state index contributed by atoms with van der Waals surface area (Å²) in [6, 6.07) is 23.4. The fourth-order valence-corrected chi connectivity index (χ4v) is 17.4. The normalized spacial score (nSPS) is 13.1. The Morgan fingerprint density at radius 2 is 1.07 bits per heavy atom. The number of rotatable bonds is 12. The SMILES string of the molecule is CCO[Si](C)(CCCN([Si](C)(C)c1ccccc1)[Si](C)(C)c1ccccc1)OCC. The van der Waals surface area contributed by atoms with E-state index < -0.39 is 25.0 Å². The van der Waals surface area contributed by atoms with Gasteiger partial charge in [-0.25, -0.2) is 0 Å². The zero-order valence-electron chi connectivity index (χ0n) is 20.1. The molecule has 0 aliphatic rings. The maximum atomic E-state index is 6.11. The largest absolute Gasteiger partial charge is 0.395 e. The summed E-state index contributed by atoms with van der Waals surface area (Å²) in [6.45, 7) is 19.0. The van der Waals surface area contributed by atoms with Crippen LogP contribution >= 0.6 is 0 Å². The zero-order chi connectivity index (χ0) is 22.3. The van der Waals surface area contributed by atoms with Gasteiger partial charge in [-0.05, 0) is 49.8 Å². The fourth-order valence-electron chi connectivity index (χ4n) is 4.62. The van der Waals surface area contributed by atoms with Gasteiger partial charge in [-0.1, -0.05) is 86.9 Å². The van der Waals surface area contributed by atoms with Crippen LogP contribution in [0.5, 0.6) is 0 Å². The summed E-state index contributed by atoms with van der Waals surface area (Å²) < 4.78 is 15.2. The van der Waals surface area contributed by atoms with Crippen molar-refractivity contribution in [3.05, 3.63) is 60.7 Å². The lowest BCUT2D eigenvalue weighted by Gasteiger charge is -2.48. The fraction of sp³-hybridized carbons (Fsp3) is 0.500. The monoisotopic (exact) mass is 459 g/mol. The van der Waals surface area contributed by atoms with Gasteiger partial charge in [-0.3, -0.25) is 0 Å². The van der Waals surface area contributed by atoms with E-state index in [4.69, 9.17) is 8.85 Å². The molecule has 0 atom stereocenters. The molecule has 0 saturated heterocycles. The molecule has 2 rings (SSSR count). The van der Waals surface area contributed by atoms with Crippen LogP contribution in [0.2, 0.25) is 38.8 Å². The van der Waals surface area contributed by atoms with Crippen molar-refractivity contribution in [1.29, 1.82) is 0 Å². The Morgan fingerprint density at radius 3 is 1.43 bits per heavy atom. The van der Waals surface area contributed by atoms with E-state index in [0.717, 1.165) is 32.2 Å². The molecule has 6 heteroatoms. The minimum absolute atomic E-state index is 0.737. The van der Waals surface area contributed by atoms with Gasteiger partial charge >= 0.3 is 8.56 Å². The van der Waals surface area contributed by atoms with E-state index in [1.165, 1.54) is 10.4 Å². The highest BCUT2D eigenvalue weighted by atomic mass is 28.4. The zero-order valence-corrected chi connectivity index (χ0v) is 23.1. The Balaban J connectivity index is 2.32. The van der Waals surface area contributed by atoms with Gasteiger partial charge < -0.3 is 13.1 Å². The highest BCUT2D eigenvalue weighted by molar-refractivity contribution is 7.02. The first-order valence-electron chi connectivity index (χ1n) is 11.3. The predicted molar refractivity (Wildman–Crippen MR) is 138 cm³/mol. The molecule has 0 spiro atoms. The molecule has 0 heterocycles. The van der Waals surface area contributed by atoms with E-state index in [0.29, 0.717) is 0 Å². The number of hydrogen-bond donors (Lipinski definition) is 0. The van der Waals surface area contributed by atoms with E-state index >= 15 is 0 Å². The van der Waals surface area contributed by atoms with E-state index in [9.17, 15) is 0 Å². The van der Waals surface area contributed by atoms with Crippen molar-refractivity contribution < 1.29 is 8.85 Å². The van der Waals surface area contributed by atoms with Crippen molar-refractivity contribution in [2.75, 3.05) is 19.8 Å². The van der Waals surface area contributed by atoms with Crippen molar-refractivity contribution in [1.82, 2.24) is 4.23 Å². The molecule has 0 aliphatic heterocycles. The van der Waals surface area contributed by atoms with Crippen LogP contribution in [0.1, 0.15) is 20.3 Å². The Morgan fingerprint density at radius 1 is 0.667 bits per heavy atom. The van der Waals surface area contributed by atoms with Crippen molar-refractivity contribution >= 4 is 35.4 Å². The average molecular weight is 460 g/mol. The second-order valence-electron chi connectivity index (χ2n) is 9.11. The molecule has 0 amide bonds. The summed E-state index contributed by atoms with van der Waals surface area (Å²) in [4.78, 5) is 0. The topological polar surface area (TPSA) is 21.7 Å². The molecule has 0 bridgehead atoms. The van der Waals surface area contributed by atoms with Gasteiger partial charge in [0.05, 0.1) is 0 Å². The van der Waals surface area contributed by atoms with Crippen molar-refractivity contribution in [2.45, 2.75) is 59.0 Å². The number of hydrogen-bond acceptors (Lipinski definition) is 3. The molecule has 0 N–H and O–H groups in total. The molecule has 0 saturated carbocycles. The van der Waals surface area contributed by atoms with E-state index in [2.05, 4.69) is 111 Å². The summed E-state index contributed by atoms with van der Waals surface area (Å²) in [5.41, 5.74) is 0.